The van der Waals surface area contributed by atoms with Crippen molar-refractivity contribution in [3.8, 4) is 0 Å². The molecule has 0 saturated heterocycles. The van der Waals surface area contributed by atoms with E-state index in [2.05, 4.69) is 79.7 Å². The van der Waals surface area contributed by atoms with Crippen LogP contribution in [0.5, 0.6) is 0 Å². The Bertz CT molecular complexity index is 1450. The number of ether oxygens (including phenoxy) is 4. The molecule has 0 aromatic carbocycles. The Morgan fingerprint density at radius 3 is 1.88 bits per heavy atom. The first-order chi connectivity index (χ1) is 24.1. The lowest BCUT2D eigenvalue weighted by atomic mass is 9.34. The fraction of sp³-hybridized carbons (Fsp3) is 0.818. The smallest absolute Gasteiger partial charge is 0.303 e. The Hall–Kier alpha value is -2.64. The molecule has 0 aliphatic heterocycles. The summed E-state index contributed by atoms with van der Waals surface area (Å²) in [4.78, 5) is 48.3. The summed E-state index contributed by atoms with van der Waals surface area (Å²) in [6.07, 6.45) is 16.0. The van der Waals surface area contributed by atoms with Crippen molar-refractivity contribution in [1.29, 1.82) is 0 Å². The molecule has 0 aromatic rings. The highest BCUT2D eigenvalue weighted by atomic mass is 16.6. The molecule has 5 rings (SSSR count). The first-order valence-corrected chi connectivity index (χ1v) is 20.1. The largest absolute Gasteiger partial charge is 0.462 e. The van der Waals surface area contributed by atoms with Crippen molar-refractivity contribution >= 4 is 23.9 Å². The molecular formula is C44H68O8. The lowest BCUT2D eigenvalue weighted by Gasteiger charge is -2.69. The van der Waals surface area contributed by atoms with E-state index in [9.17, 15) is 19.2 Å². The minimum absolute atomic E-state index is 0.0968. The SMILES string of the molecule is CC(=O)OCC(OC(C)=O)C(OC(C)=O)C(CCC(C)C1CCC2(C)C1CCC1(C)C2C=CC2C3(C)CCC(C)C(C)(C)C3C=CC21C)OC(C)=O. The van der Waals surface area contributed by atoms with Crippen molar-refractivity contribution < 1.29 is 38.1 Å². The van der Waals surface area contributed by atoms with Crippen molar-refractivity contribution in [2.24, 2.45) is 68.5 Å². The predicted octanol–water partition coefficient (Wildman–Crippen LogP) is 9.05. The van der Waals surface area contributed by atoms with Crippen LogP contribution >= 0.6 is 0 Å². The summed E-state index contributed by atoms with van der Waals surface area (Å²) >= 11 is 0. The molecule has 0 aromatic heterocycles. The summed E-state index contributed by atoms with van der Waals surface area (Å²) in [6, 6.07) is 0. The van der Waals surface area contributed by atoms with Crippen LogP contribution in [0.1, 0.15) is 134 Å². The highest BCUT2D eigenvalue weighted by molar-refractivity contribution is 5.68. The zero-order valence-corrected chi connectivity index (χ0v) is 34.2. The van der Waals surface area contributed by atoms with Gasteiger partial charge >= 0.3 is 23.9 Å². The molecule has 0 amide bonds. The molecule has 8 nitrogen and oxygen atoms in total. The van der Waals surface area contributed by atoms with Gasteiger partial charge in [-0.15, -0.1) is 0 Å². The van der Waals surface area contributed by atoms with Gasteiger partial charge in [0.25, 0.3) is 0 Å². The number of fused-ring (bicyclic) bond motifs is 7. The molecule has 3 saturated carbocycles. The number of carbonyl (C=O) groups excluding carboxylic acids is 4. The van der Waals surface area contributed by atoms with Crippen LogP contribution in [-0.2, 0) is 38.1 Å². The standard InChI is InChI=1S/C44H68O8/c1-26(13-14-34(50-29(4)46)39(52-31(6)48)35(51-30(5)47)25-49-28(3)45)32-18-22-41(9)33(32)19-23-43(11)37(41)15-16-38-42(10)21-17-27(2)40(7,8)36(42)20-24-44(38,43)12/h15-16,20,24,26-27,32-39H,13-14,17-19,21-23,25H2,1-12H3. The number of esters is 4. The van der Waals surface area contributed by atoms with Gasteiger partial charge in [0.05, 0.1) is 0 Å². The molecule has 3 fully saturated rings. The molecule has 0 N–H and O–H groups in total. The van der Waals surface area contributed by atoms with E-state index in [4.69, 9.17) is 18.9 Å². The maximum atomic E-state index is 12.4. The Morgan fingerprint density at radius 1 is 0.673 bits per heavy atom. The fourth-order valence-corrected chi connectivity index (χ4v) is 13.0. The van der Waals surface area contributed by atoms with Gasteiger partial charge in [-0.25, -0.2) is 0 Å². The minimum Gasteiger partial charge on any atom is -0.462 e. The molecule has 14 atom stereocenters. The van der Waals surface area contributed by atoms with Gasteiger partial charge in [-0.3, -0.25) is 19.2 Å². The van der Waals surface area contributed by atoms with E-state index >= 15 is 0 Å². The summed E-state index contributed by atoms with van der Waals surface area (Å²) in [6.45, 7) is 24.9. The first kappa shape index (κ1) is 40.5. The highest BCUT2D eigenvalue weighted by Crippen LogP contribution is 2.75. The average molecular weight is 725 g/mol. The van der Waals surface area contributed by atoms with Crippen LogP contribution in [0.15, 0.2) is 24.3 Å². The van der Waals surface area contributed by atoms with Gasteiger partial charge in [-0.05, 0) is 120 Å². The zero-order valence-electron chi connectivity index (χ0n) is 34.2. The molecule has 5 aliphatic rings. The van der Waals surface area contributed by atoms with Crippen LogP contribution in [-0.4, -0.2) is 48.8 Å². The second-order valence-corrected chi connectivity index (χ2v) is 19.2. The normalized spacial score (nSPS) is 40.8. The van der Waals surface area contributed by atoms with E-state index in [0.29, 0.717) is 41.9 Å². The van der Waals surface area contributed by atoms with Crippen LogP contribution in [0.25, 0.3) is 0 Å². The van der Waals surface area contributed by atoms with Gasteiger partial charge in [0.15, 0.2) is 12.2 Å². The Balaban J connectivity index is 1.36. The molecular weight excluding hydrogens is 656 g/mol. The van der Waals surface area contributed by atoms with Crippen molar-refractivity contribution in [2.75, 3.05) is 6.61 Å². The topological polar surface area (TPSA) is 105 Å². The van der Waals surface area contributed by atoms with E-state index in [-0.39, 0.29) is 33.7 Å². The maximum Gasteiger partial charge on any atom is 0.303 e. The molecule has 8 heteroatoms. The summed E-state index contributed by atoms with van der Waals surface area (Å²) in [7, 11) is 0. The molecule has 0 radical (unpaired) electrons. The third-order valence-corrected chi connectivity index (χ3v) is 16.1. The average Bonchev–Trinajstić information content (AvgIpc) is 3.39. The number of hydrogen-bond acceptors (Lipinski definition) is 8. The van der Waals surface area contributed by atoms with Crippen molar-refractivity contribution in [3.63, 3.8) is 0 Å². The Labute approximate surface area is 313 Å². The number of rotatable bonds is 11. The third kappa shape index (κ3) is 6.91. The van der Waals surface area contributed by atoms with Crippen LogP contribution in [0.3, 0.4) is 0 Å². The van der Waals surface area contributed by atoms with Gasteiger partial charge in [-0.1, -0.05) is 79.7 Å². The quantitative estimate of drug-likeness (QED) is 0.118. The van der Waals surface area contributed by atoms with Crippen LogP contribution < -0.4 is 0 Å². The van der Waals surface area contributed by atoms with E-state index in [1.54, 1.807) is 0 Å². The van der Waals surface area contributed by atoms with Gasteiger partial charge in [0.2, 0.25) is 0 Å². The lowest BCUT2D eigenvalue weighted by molar-refractivity contribution is -0.190. The van der Waals surface area contributed by atoms with Gasteiger partial charge < -0.3 is 18.9 Å². The molecule has 5 aliphatic carbocycles. The molecule has 0 bridgehead atoms. The maximum absolute atomic E-state index is 12.4. The van der Waals surface area contributed by atoms with Gasteiger partial charge in [0, 0.05) is 27.7 Å². The molecule has 14 unspecified atom stereocenters. The van der Waals surface area contributed by atoms with Crippen LogP contribution in [0.4, 0.5) is 0 Å². The van der Waals surface area contributed by atoms with Crippen LogP contribution in [0.2, 0.25) is 0 Å². The second kappa shape index (κ2) is 14.5. The van der Waals surface area contributed by atoms with E-state index < -0.39 is 42.2 Å². The summed E-state index contributed by atoms with van der Waals surface area (Å²) < 4.78 is 22.1. The predicted molar refractivity (Wildman–Crippen MR) is 200 cm³/mol. The molecule has 0 heterocycles. The number of hydrogen-bond donors (Lipinski definition) is 0. The van der Waals surface area contributed by atoms with Crippen molar-refractivity contribution in [1.82, 2.24) is 0 Å². The number of carbonyl (C=O) groups is 4. The summed E-state index contributed by atoms with van der Waals surface area (Å²) in [5.41, 5.74) is 0.982. The minimum atomic E-state index is -1.12. The summed E-state index contributed by atoms with van der Waals surface area (Å²) in [5, 5.41) is 0. The second-order valence-electron chi connectivity index (χ2n) is 19.2. The first-order valence-electron chi connectivity index (χ1n) is 20.1. The van der Waals surface area contributed by atoms with Crippen molar-refractivity contribution in [3.05, 3.63) is 24.3 Å². The zero-order chi connectivity index (χ0) is 38.6. The Morgan fingerprint density at radius 2 is 1.27 bits per heavy atom. The fourth-order valence-electron chi connectivity index (χ4n) is 13.0. The highest BCUT2D eigenvalue weighted by Gasteiger charge is 2.68. The van der Waals surface area contributed by atoms with Crippen molar-refractivity contribution in [2.45, 2.75) is 153 Å². The lowest BCUT2D eigenvalue weighted by Crippen LogP contribution is -2.63. The number of allylic oxidation sites excluding steroid dienone is 4. The molecule has 0 spiro atoms. The van der Waals surface area contributed by atoms with E-state index in [1.165, 1.54) is 59.8 Å². The molecule has 52 heavy (non-hydrogen) atoms. The Kier molecular flexibility index (Phi) is 11.3. The third-order valence-electron chi connectivity index (χ3n) is 16.1. The van der Waals surface area contributed by atoms with E-state index in [0.717, 1.165) is 18.8 Å². The summed E-state index contributed by atoms with van der Waals surface area (Å²) in [5.74, 6) is 1.41. The van der Waals surface area contributed by atoms with E-state index in [1.807, 2.05) is 0 Å². The molecule has 292 valence electrons. The van der Waals surface area contributed by atoms with Crippen LogP contribution in [0, 0.1) is 68.5 Å². The monoisotopic (exact) mass is 724 g/mol. The van der Waals surface area contributed by atoms with Gasteiger partial charge in [-0.2, -0.15) is 0 Å². The van der Waals surface area contributed by atoms with Gasteiger partial charge in [0.1, 0.15) is 12.7 Å².